The number of hydrogen-bond donors (Lipinski definition) is 0. The minimum absolute atomic E-state index is 0.466. The van der Waals surface area contributed by atoms with Gasteiger partial charge in [0.25, 0.3) is 0 Å². The van der Waals surface area contributed by atoms with E-state index in [4.69, 9.17) is 9.47 Å². The summed E-state index contributed by atoms with van der Waals surface area (Å²) in [5, 5.41) is 0. The molecule has 0 amide bonds. The molecule has 17 heavy (non-hydrogen) atoms. The summed E-state index contributed by atoms with van der Waals surface area (Å²) in [5.74, 6) is 0. The fourth-order valence-electron chi connectivity index (χ4n) is 1.89. The molecule has 0 spiro atoms. The van der Waals surface area contributed by atoms with E-state index >= 15 is 0 Å². The average Bonchev–Trinajstić information content (AvgIpc) is 2.35. The van der Waals surface area contributed by atoms with E-state index in [0.717, 1.165) is 13.2 Å². The highest BCUT2D eigenvalue weighted by atomic mass is 16.7. The Kier molecular flexibility index (Phi) is 15.8. The molecule has 0 aliphatic carbocycles. The second kappa shape index (κ2) is 15.9. The molecule has 104 valence electrons. The van der Waals surface area contributed by atoms with Crippen molar-refractivity contribution in [1.82, 2.24) is 0 Å². The molecule has 0 saturated carbocycles. The smallest absolute Gasteiger partial charge is 0.146 e. The van der Waals surface area contributed by atoms with Gasteiger partial charge in [-0.2, -0.15) is 0 Å². The Labute approximate surface area is 108 Å². The predicted molar refractivity (Wildman–Crippen MR) is 74.3 cm³/mol. The van der Waals surface area contributed by atoms with Gasteiger partial charge in [0.1, 0.15) is 6.79 Å². The fraction of sp³-hybridized carbons (Fsp3) is 1.00. The van der Waals surface area contributed by atoms with Crippen molar-refractivity contribution >= 4 is 0 Å². The van der Waals surface area contributed by atoms with Crippen LogP contribution in [0.2, 0.25) is 0 Å². The second-order valence-electron chi connectivity index (χ2n) is 4.70. The van der Waals surface area contributed by atoms with Gasteiger partial charge in [0.05, 0.1) is 0 Å². The number of unbranched alkanes of at least 4 members (excludes halogenated alkanes) is 9. The molecule has 0 aromatic carbocycles. The Balaban J connectivity index is 2.85. The first-order valence-corrected chi connectivity index (χ1v) is 7.57. The van der Waals surface area contributed by atoms with Gasteiger partial charge in [0.2, 0.25) is 0 Å². The molecule has 2 nitrogen and oxygen atoms in total. The van der Waals surface area contributed by atoms with Crippen LogP contribution in [0, 0.1) is 0 Å². The molecule has 0 saturated heterocycles. The van der Waals surface area contributed by atoms with E-state index in [0.29, 0.717) is 6.79 Å². The maximum Gasteiger partial charge on any atom is 0.146 e. The topological polar surface area (TPSA) is 18.5 Å². The van der Waals surface area contributed by atoms with Gasteiger partial charge in [-0.25, -0.2) is 0 Å². The fourth-order valence-corrected chi connectivity index (χ4v) is 1.89. The normalized spacial score (nSPS) is 10.9. The lowest BCUT2D eigenvalue weighted by Gasteiger charge is -2.04. The van der Waals surface area contributed by atoms with Crippen LogP contribution in [0.25, 0.3) is 0 Å². The highest BCUT2D eigenvalue weighted by molar-refractivity contribution is 4.47. The zero-order chi connectivity index (χ0) is 12.6. The van der Waals surface area contributed by atoms with E-state index in [-0.39, 0.29) is 0 Å². The van der Waals surface area contributed by atoms with Crippen LogP contribution in [0.3, 0.4) is 0 Å². The molecule has 0 heterocycles. The van der Waals surface area contributed by atoms with E-state index in [1.54, 1.807) is 0 Å². The van der Waals surface area contributed by atoms with Crippen LogP contribution in [0.5, 0.6) is 0 Å². The van der Waals surface area contributed by atoms with E-state index in [1.807, 2.05) is 6.92 Å². The lowest BCUT2D eigenvalue weighted by Crippen LogP contribution is -2.00. The van der Waals surface area contributed by atoms with Crippen LogP contribution in [0.4, 0.5) is 0 Å². The van der Waals surface area contributed by atoms with Crippen molar-refractivity contribution in [3.63, 3.8) is 0 Å². The van der Waals surface area contributed by atoms with Crippen molar-refractivity contribution in [3.05, 3.63) is 0 Å². The van der Waals surface area contributed by atoms with E-state index in [1.165, 1.54) is 64.2 Å². The number of rotatable bonds is 14. The summed E-state index contributed by atoms with van der Waals surface area (Å²) < 4.78 is 10.4. The van der Waals surface area contributed by atoms with Gasteiger partial charge in [-0.3, -0.25) is 0 Å². The molecule has 0 aromatic rings. The molecule has 0 fully saturated rings. The van der Waals surface area contributed by atoms with Crippen molar-refractivity contribution in [2.24, 2.45) is 0 Å². The van der Waals surface area contributed by atoms with Crippen LogP contribution in [-0.2, 0) is 9.47 Å². The zero-order valence-electron chi connectivity index (χ0n) is 12.0. The van der Waals surface area contributed by atoms with Gasteiger partial charge < -0.3 is 9.47 Å². The average molecular weight is 244 g/mol. The van der Waals surface area contributed by atoms with E-state index in [2.05, 4.69) is 6.92 Å². The Morgan fingerprint density at radius 2 is 1.12 bits per heavy atom. The van der Waals surface area contributed by atoms with Crippen LogP contribution < -0.4 is 0 Å². The first kappa shape index (κ1) is 16.9. The van der Waals surface area contributed by atoms with Crippen LogP contribution >= 0.6 is 0 Å². The van der Waals surface area contributed by atoms with Crippen LogP contribution in [0.15, 0.2) is 0 Å². The van der Waals surface area contributed by atoms with Gasteiger partial charge in [-0.05, 0) is 13.3 Å². The summed E-state index contributed by atoms with van der Waals surface area (Å²) in [5.41, 5.74) is 0. The first-order valence-electron chi connectivity index (χ1n) is 7.57. The summed E-state index contributed by atoms with van der Waals surface area (Å²) in [6.07, 6.45) is 13.7. The molecular formula is C15H32O2. The van der Waals surface area contributed by atoms with Crippen molar-refractivity contribution in [2.75, 3.05) is 20.0 Å². The predicted octanol–water partition coefficient (Wildman–Crippen LogP) is 4.92. The summed E-state index contributed by atoms with van der Waals surface area (Å²) in [7, 11) is 0. The Hall–Kier alpha value is -0.0800. The molecule has 0 radical (unpaired) electrons. The molecule has 2 heteroatoms. The zero-order valence-corrected chi connectivity index (χ0v) is 12.0. The third-order valence-electron chi connectivity index (χ3n) is 3.01. The molecule has 0 aliphatic rings. The SMILES string of the molecule is CCCCCCCCCCCCOCOCC. The monoisotopic (exact) mass is 244 g/mol. The maximum absolute atomic E-state index is 5.32. The minimum atomic E-state index is 0.466. The lowest BCUT2D eigenvalue weighted by molar-refractivity contribution is -0.0502. The Bertz CT molecular complexity index is 112. The molecule has 0 bridgehead atoms. The van der Waals surface area contributed by atoms with E-state index in [9.17, 15) is 0 Å². The molecule has 0 atom stereocenters. The molecule has 0 aromatic heterocycles. The van der Waals surface area contributed by atoms with E-state index < -0.39 is 0 Å². The van der Waals surface area contributed by atoms with Gasteiger partial charge >= 0.3 is 0 Å². The second-order valence-corrected chi connectivity index (χ2v) is 4.70. The van der Waals surface area contributed by atoms with Crippen molar-refractivity contribution in [1.29, 1.82) is 0 Å². The highest BCUT2D eigenvalue weighted by Gasteiger charge is 1.93. The minimum Gasteiger partial charge on any atom is -0.356 e. The molecule has 0 aliphatic heterocycles. The third-order valence-corrected chi connectivity index (χ3v) is 3.01. The largest absolute Gasteiger partial charge is 0.356 e. The third kappa shape index (κ3) is 15.9. The quantitative estimate of drug-likeness (QED) is 0.319. The highest BCUT2D eigenvalue weighted by Crippen LogP contribution is 2.10. The Morgan fingerprint density at radius 3 is 1.65 bits per heavy atom. The standard InChI is InChI=1S/C15H32O2/c1-3-5-6-7-8-9-10-11-12-13-14-17-15-16-4-2/h3-15H2,1-2H3. The summed E-state index contributed by atoms with van der Waals surface area (Å²) >= 11 is 0. The van der Waals surface area contributed by atoms with Crippen molar-refractivity contribution in [3.8, 4) is 0 Å². The van der Waals surface area contributed by atoms with Crippen LogP contribution in [0.1, 0.15) is 78.1 Å². The lowest BCUT2D eigenvalue weighted by atomic mass is 10.1. The summed E-state index contributed by atoms with van der Waals surface area (Å²) in [6, 6.07) is 0. The number of hydrogen-bond acceptors (Lipinski definition) is 2. The number of ether oxygens (including phenoxy) is 2. The van der Waals surface area contributed by atoms with Crippen molar-refractivity contribution in [2.45, 2.75) is 78.1 Å². The molecule has 0 unspecified atom stereocenters. The molecular weight excluding hydrogens is 212 g/mol. The van der Waals surface area contributed by atoms with Gasteiger partial charge in [0, 0.05) is 13.2 Å². The van der Waals surface area contributed by atoms with Crippen LogP contribution in [-0.4, -0.2) is 20.0 Å². The van der Waals surface area contributed by atoms with Gasteiger partial charge in [0.15, 0.2) is 0 Å². The summed E-state index contributed by atoms with van der Waals surface area (Å²) in [6.45, 7) is 6.33. The van der Waals surface area contributed by atoms with Gasteiger partial charge in [-0.15, -0.1) is 0 Å². The van der Waals surface area contributed by atoms with Gasteiger partial charge in [-0.1, -0.05) is 64.7 Å². The Morgan fingerprint density at radius 1 is 0.588 bits per heavy atom. The molecule has 0 N–H and O–H groups in total. The molecule has 0 rings (SSSR count). The summed E-state index contributed by atoms with van der Waals surface area (Å²) in [4.78, 5) is 0. The van der Waals surface area contributed by atoms with Crippen molar-refractivity contribution < 1.29 is 9.47 Å². The maximum atomic E-state index is 5.32. The first-order chi connectivity index (χ1) is 8.41.